The molecule has 2 aromatic rings. The van der Waals surface area contributed by atoms with Crippen molar-refractivity contribution in [2.24, 2.45) is 0 Å². The molecule has 5 nitrogen and oxygen atoms in total. The molecule has 1 aliphatic heterocycles. The number of nitrogens with one attached hydrogen (secondary N) is 1. The summed E-state index contributed by atoms with van der Waals surface area (Å²) in [6.45, 7) is 8.41. The number of anilines is 2. The first-order valence-electron chi connectivity index (χ1n) is 9.36. The lowest BCUT2D eigenvalue weighted by Gasteiger charge is -2.26. The van der Waals surface area contributed by atoms with Crippen LogP contribution in [0.25, 0.3) is 0 Å². The number of amides is 1. The molecular weight excluding hydrogens is 340 g/mol. The van der Waals surface area contributed by atoms with Gasteiger partial charge in [-0.25, -0.2) is 0 Å². The van der Waals surface area contributed by atoms with Gasteiger partial charge in [0.15, 0.2) is 11.5 Å². The second-order valence-corrected chi connectivity index (χ2v) is 7.05. The Hall–Kier alpha value is -2.69. The Morgan fingerprint density at radius 1 is 1.04 bits per heavy atom. The van der Waals surface area contributed by atoms with Crippen LogP contribution in [0.2, 0.25) is 0 Å². The van der Waals surface area contributed by atoms with Gasteiger partial charge in [-0.05, 0) is 62.4 Å². The van der Waals surface area contributed by atoms with Crippen LogP contribution in [0.3, 0.4) is 0 Å². The molecule has 1 N–H and O–H groups in total. The minimum Gasteiger partial charge on any atom is -0.493 e. The van der Waals surface area contributed by atoms with Gasteiger partial charge in [-0.3, -0.25) is 4.79 Å². The highest BCUT2D eigenvalue weighted by molar-refractivity contribution is 6.08. The van der Waals surface area contributed by atoms with E-state index in [9.17, 15) is 4.79 Å². The zero-order valence-corrected chi connectivity index (χ0v) is 16.8. The van der Waals surface area contributed by atoms with E-state index in [0.29, 0.717) is 17.1 Å². The van der Waals surface area contributed by atoms with Crippen molar-refractivity contribution < 1.29 is 14.3 Å². The number of hydrogen-bond acceptors (Lipinski definition) is 4. The van der Waals surface area contributed by atoms with Crippen molar-refractivity contribution in [1.29, 1.82) is 0 Å². The molecule has 0 spiro atoms. The first kappa shape index (κ1) is 19.1. The van der Waals surface area contributed by atoms with E-state index in [1.165, 1.54) is 24.1 Å². The average molecular weight is 368 g/mol. The number of ether oxygens (including phenoxy) is 2. The molecular formula is C22H28N2O3. The topological polar surface area (TPSA) is 50.8 Å². The lowest BCUT2D eigenvalue weighted by molar-refractivity contribution is 0.102. The van der Waals surface area contributed by atoms with Gasteiger partial charge in [0.2, 0.25) is 0 Å². The molecule has 0 atom stereocenters. The Bertz CT molecular complexity index is 855. The highest BCUT2D eigenvalue weighted by Gasteiger charge is 2.22. The first-order chi connectivity index (χ1) is 13.0. The fourth-order valence-electron chi connectivity index (χ4n) is 4.04. The van der Waals surface area contributed by atoms with E-state index in [2.05, 4.69) is 30.1 Å². The number of carbonyl (C=O) groups is 1. The van der Waals surface area contributed by atoms with Crippen molar-refractivity contribution in [1.82, 2.24) is 0 Å². The van der Waals surface area contributed by atoms with Crippen LogP contribution in [0.15, 0.2) is 24.3 Å². The minimum absolute atomic E-state index is 0.201. The second-order valence-electron chi connectivity index (χ2n) is 7.05. The summed E-state index contributed by atoms with van der Waals surface area (Å²) in [5.74, 6) is 0.785. The highest BCUT2D eigenvalue weighted by Crippen LogP contribution is 2.36. The van der Waals surface area contributed by atoms with Crippen LogP contribution in [0.5, 0.6) is 11.5 Å². The summed E-state index contributed by atoms with van der Waals surface area (Å²) in [5, 5.41) is 3.11. The minimum atomic E-state index is -0.201. The summed E-state index contributed by atoms with van der Waals surface area (Å²) >= 11 is 0. The van der Waals surface area contributed by atoms with Gasteiger partial charge < -0.3 is 19.7 Å². The van der Waals surface area contributed by atoms with Crippen molar-refractivity contribution in [2.75, 3.05) is 37.5 Å². The molecule has 0 aliphatic carbocycles. The van der Waals surface area contributed by atoms with Gasteiger partial charge in [-0.15, -0.1) is 0 Å². The fourth-order valence-corrected chi connectivity index (χ4v) is 4.04. The zero-order valence-electron chi connectivity index (χ0n) is 16.8. The summed E-state index contributed by atoms with van der Waals surface area (Å²) in [7, 11) is 3.11. The number of aryl methyl sites for hydroxylation is 2. The molecule has 1 fully saturated rings. The Balaban J connectivity index is 1.98. The SMILES string of the molecule is COc1cccc(C(=O)Nc2c(C)cc(C)c(N3CCCC3)c2C)c1OC. The monoisotopic (exact) mass is 368 g/mol. The van der Waals surface area contributed by atoms with E-state index >= 15 is 0 Å². The van der Waals surface area contributed by atoms with Crippen molar-refractivity contribution in [3.63, 3.8) is 0 Å². The molecule has 0 aromatic heterocycles. The van der Waals surface area contributed by atoms with E-state index in [4.69, 9.17) is 9.47 Å². The molecule has 1 saturated heterocycles. The van der Waals surface area contributed by atoms with E-state index in [0.717, 1.165) is 29.9 Å². The smallest absolute Gasteiger partial charge is 0.259 e. The van der Waals surface area contributed by atoms with Crippen molar-refractivity contribution >= 4 is 17.3 Å². The predicted molar refractivity (Wildman–Crippen MR) is 110 cm³/mol. The molecule has 0 saturated carbocycles. The largest absolute Gasteiger partial charge is 0.493 e. The molecule has 144 valence electrons. The van der Waals surface area contributed by atoms with Crippen molar-refractivity contribution in [3.05, 3.63) is 46.5 Å². The molecule has 3 rings (SSSR count). The molecule has 1 aliphatic rings. The molecule has 27 heavy (non-hydrogen) atoms. The van der Waals surface area contributed by atoms with Crippen LogP contribution in [-0.4, -0.2) is 33.2 Å². The van der Waals surface area contributed by atoms with Gasteiger partial charge in [0, 0.05) is 24.5 Å². The molecule has 0 unspecified atom stereocenters. The van der Waals surface area contributed by atoms with Crippen LogP contribution < -0.4 is 19.7 Å². The standard InChI is InChI=1S/C22H28N2O3/c1-14-13-15(2)20(24-11-6-7-12-24)16(3)19(14)23-22(25)17-9-8-10-18(26-4)21(17)27-5/h8-10,13H,6-7,11-12H2,1-5H3,(H,23,25). The van der Waals surface area contributed by atoms with Gasteiger partial charge in [0.1, 0.15) is 0 Å². The van der Waals surface area contributed by atoms with E-state index in [-0.39, 0.29) is 5.91 Å². The Labute approximate surface area is 161 Å². The number of nitrogens with zero attached hydrogens (tertiary/aromatic N) is 1. The Morgan fingerprint density at radius 2 is 1.74 bits per heavy atom. The molecule has 5 heteroatoms. The number of hydrogen-bond donors (Lipinski definition) is 1. The second kappa shape index (κ2) is 7.91. The predicted octanol–water partition coefficient (Wildman–Crippen LogP) is 4.48. The van der Waals surface area contributed by atoms with Crippen LogP contribution in [0.4, 0.5) is 11.4 Å². The van der Waals surface area contributed by atoms with Crippen molar-refractivity contribution in [2.45, 2.75) is 33.6 Å². The van der Waals surface area contributed by atoms with Crippen LogP contribution in [0, 0.1) is 20.8 Å². The maximum absolute atomic E-state index is 13.0. The third-order valence-electron chi connectivity index (χ3n) is 5.24. The molecule has 1 amide bonds. The zero-order chi connectivity index (χ0) is 19.6. The number of carbonyl (C=O) groups excluding carboxylic acids is 1. The Morgan fingerprint density at radius 3 is 2.37 bits per heavy atom. The van der Waals surface area contributed by atoms with E-state index in [1.807, 2.05) is 6.92 Å². The number of rotatable bonds is 5. The molecule has 0 radical (unpaired) electrons. The van der Waals surface area contributed by atoms with E-state index < -0.39 is 0 Å². The van der Waals surface area contributed by atoms with Crippen LogP contribution in [-0.2, 0) is 0 Å². The maximum Gasteiger partial charge on any atom is 0.259 e. The number of benzene rings is 2. The summed E-state index contributed by atoms with van der Waals surface area (Å²) in [5.41, 5.74) is 6.00. The Kier molecular flexibility index (Phi) is 5.59. The van der Waals surface area contributed by atoms with Gasteiger partial charge >= 0.3 is 0 Å². The normalized spacial score (nSPS) is 13.6. The van der Waals surface area contributed by atoms with Gasteiger partial charge in [-0.2, -0.15) is 0 Å². The summed E-state index contributed by atoms with van der Waals surface area (Å²) in [4.78, 5) is 15.4. The molecule has 1 heterocycles. The maximum atomic E-state index is 13.0. The van der Waals surface area contributed by atoms with Crippen LogP contribution >= 0.6 is 0 Å². The van der Waals surface area contributed by atoms with Gasteiger partial charge in [0.25, 0.3) is 5.91 Å². The molecule has 0 bridgehead atoms. The third-order valence-corrected chi connectivity index (χ3v) is 5.24. The first-order valence-corrected chi connectivity index (χ1v) is 9.36. The van der Waals surface area contributed by atoms with Gasteiger partial charge in [-0.1, -0.05) is 12.1 Å². The molecule has 2 aromatic carbocycles. The average Bonchev–Trinajstić information content (AvgIpc) is 3.18. The summed E-state index contributed by atoms with van der Waals surface area (Å²) in [6, 6.07) is 7.47. The van der Waals surface area contributed by atoms with Crippen molar-refractivity contribution in [3.8, 4) is 11.5 Å². The fraction of sp³-hybridized carbons (Fsp3) is 0.409. The third kappa shape index (κ3) is 3.59. The lowest BCUT2D eigenvalue weighted by Crippen LogP contribution is -2.22. The van der Waals surface area contributed by atoms with Gasteiger partial charge in [0.05, 0.1) is 19.8 Å². The quantitative estimate of drug-likeness (QED) is 0.845. The highest BCUT2D eigenvalue weighted by atomic mass is 16.5. The summed E-state index contributed by atoms with van der Waals surface area (Å²) < 4.78 is 10.7. The summed E-state index contributed by atoms with van der Waals surface area (Å²) in [6.07, 6.45) is 2.44. The number of methoxy groups -OCH3 is 2. The number of para-hydroxylation sites is 1. The van der Waals surface area contributed by atoms with E-state index in [1.54, 1.807) is 32.4 Å². The lowest BCUT2D eigenvalue weighted by atomic mass is 10.0. The van der Waals surface area contributed by atoms with Crippen LogP contribution in [0.1, 0.15) is 39.9 Å².